The molecule has 9 atom stereocenters. The number of ketones is 1. The highest BCUT2D eigenvalue weighted by Crippen LogP contribution is 2.74. The Labute approximate surface area is 186 Å². The van der Waals surface area contributed by atoms with E-state index in [1.807, 2.05) is 0 Å². The number of carbonyl (C=O) groups excluding carboxylic acids is 1. The molecule has 5 aliphatic rings. The summed E-state index contributed by atoms with van der Waals surface area (Å²) in [6.45, 7) is 17.9. The molecule has 170 valence electrons. The van der Waals surface area contributed by atoms with Crippen molar-refractivity contribution in [1.82, 2.24) is 0 Å². The molecule has 0 aromatic rings. The molecule has 0 heterocycles. The van der Waals surface area contributed by atoms with Crippen LogP contribution in [0.1, 0.15) is 119 Å². The van der Waals surface area contributed by atoms with Crippen molar-refractivity contribution in [2.45, 2.75) is 119 Å². The van der Waals surface area contributed by atoms with Crippen molar-refractivity contribution < 1.29 is 4.79 Å². The molecule has 0 amide bonds. The molecule has 5 aliphatic carbocycles. The van der Waals surface area contributed by atoms with Gasteiger partial charge in [-0.3, -0.25) is 4.79 Å². The van der Waals surface area contributed by atoms with Crippen LogP contribution >= 0.6 is 0 Å². The first-order chi connectivity index (χ1) is 13.9. The van der Waals surface area contributed by atoms with Gasteiger partial charge in [0.1, 0.15) is 5.78 Å². The van der Waals surface area contributed by atoms with Gasteiger partial charge in [0.05, 0.1) is 0 Å². The lowest BCUT2D eigenvalue weighted by atomic mass is 9.34. The van der Waals surface area contributed by atoms with E-state index in [0.717, 1.165) is 30.1 Å². The monoisotopic (exact) mass is 412 g/mol. The number of fused-ring (bicyclic) bond motifs is 7. The second-order valence-electron chi connectivity index (χ2n) is 14.7. The summed E-state index contributed by atoms with van der Waals surface area (Å²) in [7, 11) is 0. The molecule has 0 aromatic heterocycles. The van der Waals surface area contributed by atoms with Crippen LogP contribution in [0.4, 0.5) is 0 Å². The van der Waals surface area contributed by atoms with Gasteiger partial charge in [0.15, 0.2) is 0 Å². The molecule has 0 N–H and O–H groups in total. The normalized spacial score (nSPS) is 57.6. The lowest BCUT2D eigenvalue weighted by Gasteiger charge is -2.71. The van der Waals surface area contributed by atoms with E-state index in [1.54, 1.807) is 0 Å². The second kappa shape index (κ2) is 6.38. The summed E-state index contributed by atoms with van der Waals surface area (Å²) < 4.78 is 0. The Morgan fingerprint density at radius 1 is 0.667 bits per heavy atom. The first kappa shape index (κ1) is 21.5. The number of hydrogen-bond donors (Lipinski definition) is 0. The maximum absolute atomic E-state index is 12.7. The van der Waals surface area contributed by atoms with Crippen LogP contribution in [0.25, 0.3) is 0 Å². The summed E-state index contributed by atoms with van der Waals surface area (Å²) >= 11 is 0. The van der Waals surface area contributed by atoms with Gasteiger partial charge in [0, 0.05) is 12.3 Å². The lowest BCUT2D eigenvalue weighted by Crippen LogP contribution is -2.64. The third-order valence-electron chi connectivity index (χ3n) is 12.9. The molecular formula is C29H48O. The van der Waals surface area contributed by atoms with Gasteiger partial charge in [-0.15, -0.1) is 0 Å². The van der Waals surface area contributed by atoms with Crippen LogP contribution in [0.15, 0.2) is 0 Å². The average Bonchev–Trinajstić information content (AvgIpc) is 2.66. The molecule has 0 radical (unpaired) electrons. The van der Waals surface area contributed by atoms with Crippen LogP contribution in [0, 0.1) is 56.7 Å². The Kier molecular flexibility index (Phi) is 4.57. The average molecular weight is 413 g/mol. The van der Waals surface area contributed by atoms with Crippen LogP contribution < -0.4 is 0 Å². The Hall–Kier alpha value is -0.330. The molecule has 0 bridgehead atoms. The minimum Gasteiger partial charge on any atom is -0.299 e. The van der Waals surface area contributed by atoms with Gasteiger partial charge in [-0.25, -0.2) is 0 Å². The zero-order valence-corrected chi connectivity index (χ0v) is 21.1. The molecule has 1 heteroatoms. The van der Waals surface area contributed by atoms with Gasteiger partial charge in [-0.05, 0) is 115 Å². The van der Waals surface area contributed by atoms with Crippen molar-refractivity contribution in [2.24, 2.45) is 56.7 Å². The molecular weight excluding hydrogens is 364 g/mol. The molecule has 0 spiro atoms. The minimum absolute atomic E-state index is 0.250. The highest BCUT2D eigenvalue weighted by molar-refractivity contribution is 5.82. The van der Waals surface area contributed by atoms with E-state index in [0.29, 0.717) is 27.4 Å². The lowest BCUT2D eigenvalue weighted by molar-refractivity contribution is -0.219. The van der Waals surface area contributed by atoms with Crippen LogP contribution in [-0.2, 0) is 4.79 Å². The second-order valence-corrected chi connectivity index (χ2v) is 14.7. The Bertz CT molecular complexity index is 737. The molecule has 0 aromatic carbocycles. The van der Waals surface area contributed by atoms with Crippen molar-refractivity contribution in [1.29, 1.82) is 0 Å². The zero-order chi connectivity index (χ0) is 21.7. The number of carbonyl (C=O) groups is 1. The highest BCUT2D eigenvalue weighted by atomic mass is 16.1. The fourth-order valence-electron chi connectivity index (χ4n) is 10.8. The zero-order valence-electron chi connectivity index (χ0n) is 21.1. The maximum Gasteiger partial charge on any atom is 0.136 e. The predicted octanol–water partition coefficient (Wildman–Crippen LogP) is 8.07. The predicted molar refractivity (Wildman–Crippen MR) is 125 cm³/mol. The van der Waals surface area contributed by atoms with Gasteiger partial charge in [0.25, 0.3) is 0 Å². The topological polar surface area (TPSA) is 17.1 Å². The largest absolute Gasteiger partial charge is 0.299 e. The number of hydrogen-bond acceptors (Lipinski definition) is 1. The van der Waals surface area contributed by atoms with E-state index in [9.17, 15) is 4.79 Å². The van der Waals surface area contributed by atoms with Crippen molar-refractivity contribution >= 4 is 5.78 Å². The fourth-order valence-corrected chi connectivity index (χ4v) is 10.8. The molecule has 1 unspecified atom stereocenters. The minimum atomic E-state index is 0.250. The van der Waals surface area contributed by atoms with Crippen LogP contribution in [0.5, 0.6) is 0 Å². The van der Waals surface area contributed by atoms with Crippen LogP contribution in [0.2, 0.25) is 0 Å². The summed E-state index contributed by atoms with van der Waals surface area (Å²) in [5.41, 5.74) is 2.36. The van der Waals surface area contributed by atoms with E-state index in [1.165, 1.54) is 64.2 Å². The number of rotatable bonds is 0. The smallest absolute Gasteiger partial charge is 0.136 e. The molecule has 0 saturated heterocycles. The van der Waals surface area contributed by atoms with Crippen LogP contribution in [0.3, 0.4) is 0 Å². The summed E-state index contributed by atoms with van der Waals surface area (Å²) in [5.74, 6) is 4.31. The summed E-state index contributed by atoms with van der Waals surface area (Å²) in [6.07, 6.45) is 14.8. The Balaban J connectivity index is 1.50. The van der Waals surface area contributed by atoms with Gasteiger partial charge in [-0.1, -0.05) is 48.5 Å². The van der Waals surface area contributed by atoms with Crippen molar-refractivity contribution in [3.8, 4) is 0 Å². The number of Topliss-reactive ketones (excluding diaryl/α,β-unsaturated/α-hetero) is 1. The van der Waals surface area contributed by atoms with Crippen molar-refractivity contribution in [2.75, 3.05) is 0 Å². The summed E-state index contributed by atoms with van der Waals surface area (Å²) in [5, 5.41) is 0. The van der Waals surface area contributed by atoms with Gasteiger partial charge in [0.2, 0.25) is 0 Å². The molecule has 0 aliphatic heterocycles. The highest BCUT2D eigenvalue weighted by Gasteiger charge is 2.67. The maximum atomic E-state index is 12.7. The Morgan fingerprint density at radius 3 is 2.03 bits per heavy atom. The summed E-state index contributed by atoms with van der Waals surface area (Å²) in [4.78, 5) is 12.7. The van der Waals surface area contributed by atoms with Gasteiger partial charge < -0.3 is 0 Å². The first-order valence-corrected chi connectivity index (χ1v) is 13.4. The SMILES string of the molecule is C[C@H]1C(=O)CC[C@@H]2[C@]1(C)CC[C@H]1[C@@]2(C)CCC2[C@@H]3CC(C)(C)CC[C@]3(C)CC[C@@]21C. The van der Waals surface area contributed by atoms with Crippen molar-refractivity contribution in [3.63, 3.8) is 0 Å². The first-order valence-electron chi connectivity index (χ1n) is 13.4. The molecule has 5 rings (SSSR count). The third-order valence-corrected chi connectivity index (χ3v) is 12.9. The quantitative estimate of drug-likeness (QED) is 0.393. The van der Waals surface area contributed by atoms with Gasteiger partial charge in [-0.2, -0.15) is 0 Å². The van der Waals surface area contributed by atoms with Gasteiger partial charge >= 0.3 is 0 Å². The molecule has 5 saturated carbocycles. The van der Waals surface area contributed by atoms with E-state index in [4.69, 9.17) is 0 Å². The van der Waals surface area contributed by atoms with E-state index >= 15 is 0 Å². The van der Waals surface area contributed by atoms with E-state index in [-0.39, 0.29) is 11.3 Å². The van der Waals surface area contributed by atoms with Crippen LogP contribution in [-0.4, -0.2) is 5.78 Å². The third kappa shape index (κ3) is 2.68. The van der Waals surface area contributed by atoms with E-state index < -0.39 is 0 Å². The molecule has 5 fully saturated rings. The molecule has 30 heavy (non-hydrogen) atoms. The summed E-state index contributed by atoms with van der Waals surface area (Å²) in [6, 6.07) is 0. The van der Waals surface area contributed by atoms with Crippen molar-refractivity contribution in [3.05, 3.63) is 0 Å². The fraction of sp³-hybridized carbons (Fsp3) is 0.966. The standard InChI is InChI=1S/C29H48O/c1-19-22(30)8-9-23-27(19,5)13-11-24-28(6)17-16-26(4)15-14-25(2,3)18-21(26)20(28)10-12-29(23,24)7/h19-21,23-24H,8-18H2,1-7H3/t19-,20?,21-,23+,24+,26+,27+,28-,29-/m0/s1. The molecule has 1 nitrogen and oxygen atoms in total. The Morgan fingerprint density at radius 2 is 1.30 bits per heavy atom. The van der Waals surface area contributed by atoms with E-state index in [2.05, 4.69) is 48.5 Å².